The summed E-state index contributed by atoms with van der Waals surface area (Å²) in [6.07, 6.45) is 2.70. The maximum atomic E-state index is 12.8. The first-order valence-corrected chi connectivity index (χ1v) is 7.60. The van der Waals surface area contributed by atoms with Gasteiger partial charge in [-0.1, -0.05) is 19.1 Å². The summed E-state index contributed by atoms with van der Waals surface area (Å²) >= 11 is 0. The van der Waals surface area contributed by atoms with Crippen molar-refractivity contribution in [3.05, 3.63) is 28.8 Å². The van der Waals surface area contributed by atoms with Crippen molar-refractivity contribution >= 4 is 11.6 Å². The van der Waals surface area contributed by atoms with E-state index in [2.05, 4.69) is 32.9 Å². The summed E-state index contributed by atoms with van der Waals surface area (Å²) in [5, 5.41) is 0. The second kappa shape index (κ2) is 5.21. The van der Waals surface area contributed by atoms with Crippen molar-refractivity contribution in [3.8, 4) is 0 Å². The molecule has 3 rings (SSSR count). The fourth-order valence-electron chi connectivity index (χ4n) is 3.45. The van der Waals surface area contributed by atoms with Gasteiger partial charge in [-0.15, -0.1) is 0 Å². The Bertz CT molecular complexity index is 532. The monoisotopic (exact) mass is 273 g/mol. The number of amides is 1. The molecule has 2 aliphatic heterocycles. The van der Waals surface area contributed by atoms with Crippen LogP contribution in [0.15, 0.2) is 12.1 Å². The molecular weight excluding hydrogens is 250 g/mol. The molecule has 1 amide bonds. The summed E-state index contributed by atoms with van der Waals surface area (Å²) in [4.78, 5) is 14.8. The number of anilines is 1. The van der Waals surface area contributed by atoms with Crippen molar-refractivity contribution in [2.75, 3.05) is 18.1 Å². The minimum atomic E-state index is -0.229. The second-order valence-corrected chi connectivity index (χ2v) is 6.29. The van der Waals surface area contributed by atoms with E-state index in [4.69, 9.17) is 4.74 Å². The zero-order valence-electron chi connectivity index (χ0n) is 12.6. The maximum absolute atomic E-state index is 12.8. The molecular formula is C17H23NO2. The van der Waals surface area contributed by atoms with Gasteiger partial charge in [0.1, 0.15) is 6.10 Å². The molecule has 0 saturated carbocycles. The van der Waals surface area contributed by atoms with Gasteiger partial charge < -0.3 is 9.64 Å². The fraction of sp³-hybridized carbons (Fsp3) is 0.588. The van der Waals surface area contributed by atoms with Gasteiger partial charge in [0.25, 0.3) is 5.91 Å². The van der Waals surface area contributed by atoms with Crippen LogP contribution in [0.3, 0.4) is 0 Å². The normalized spacial score (nSPS) is 25.6. The molecule has 0 aromatic heterocycles. The Morgan fingerprint density at radius 3 is 2.75 bits per heavy atom. The van der Waals surface area contributed by atoms with Gasteiger partial charge in [0.15, 0.2) is 0 Å². The molecule has 2 aliphatic rings. The van der Waals surface area contributed by atoms with E-state index in [1.807, 2.05) is 4.90 Å². The van der Waals surface area contributed by atoms with Crippen molar-refractivity contribution in [3.63, 3.8) is 0 Å². The Hall–Kier alpha value is -1.35. The van der Waals surface area contributed by atoms with Crippen molar-refractivity contribution < 1.29 is 9.53 Å². The highest BCUT2D eigenvalue weighted by molar-refractivity contribution is 5.98. The number of hydrogen-bond donors (Lipinski definition) is 0. The van der Waals surface area contributed by atoms with E-state index >= 15 is 0 Å². The van der Waals surface area contributed by atoms with Gasteiger partial charge in [0.05, 0.1) is 5.69 Å². The largest absolute Gasteiger partial charge is 0.368 e. The maximum Gasteiger partial charge on any atom is 0.256 e. The Labute approximate surface area is 120 Å². The minimum absolute atomic E-state index is 0.156. The summed E-state index contributed by atoms with van der Waals surface area (Å²) in [6.45, 7) is 8.00. The van der Waals surface area contributed by atoms with E-state index in [1.54, 1.807) is 0 Å². The van der Waals surface area contributed by atoms with E-state index in [0.717, 1.165) is 38.1 Å². The minimum Gasteiger partial charge on any atom is -0.368 e. The molecule has 2 unspecified atom stereocenters. The van der Waals surface area contributed by atoms with E-state index in [1.165, 1.54) is 16.7 Å². The smallest absolute Gasteiger partial charge is 0.256 e. The van der Waals surface area contributed by atoms with Crippen molar-refractivity contribution in [2.24, 2.45) is 5.92 Å². The Kier molecular flexibility index (Phi) is 3.55. The number of carbonyl (C=O) groups excluding carboxylic acids is 1. The SMILES string of the molecule is Cc1ccc(C)c2c1CC(C)CN2C(=O)C1CCCO1. The van der Waals surface area contributed by atoms with Crippen LogP contribution in [0, 0.1) is 19.8 Å². The number of fused-ring (bicyclic) bond motifs is 1. The number of rotatable bonds is 1. The van der Waals surface area contributed by atoms with Crippen LogP contribution >= 0.6 is 0 Å². The summed E-state index contributed by atoms with van der Waals surface area (Å²) in [6, 6.07) is 4.29. The summed E-state index contributed by atoms with van der Waals surface area (Å²) in [5.41, 5.74) is 4.98. The summed E-state index contributed by atoms with van der Waals surface area (Å²) in [7, 11) is 0. The summed E-state index contributed by atoms with van der Waals surface area (Å²) < 4.78 is 5.60. The molecule has 0 bridgehead atoms. The number of benzene rings is 1. The first-order chi connectivity index (χ1) is 9.58. The van der Waals surface area contributed by atoms with E-state index in [-0.39, 0.29) is 12.0 Å². The molecule has 1 aromatic carbocycles. The molecule has 1 saturated heterocycles. The number of aryl methyl sites for hydroxylation is 2. The lowest BCUT2D eigenvalue weighted by molar-refractivity contribution is -0.127. The topological polar surface area (TPSA) is 29.5 Å². The lowest BCUT2D eigenvalue weighted by atomic mass is 9.88. The average molecular weight is 273 g/mol. The predicted molar refractivity (Wildman–Crippen MR) is 80.1 cm³/mol. The Morgan fingerprint density at radius 2 is 2.05 bits per heavy atom. The molecule has 3 nitrogen and oxygen atoms in total. The van der Waals surface area contributed by atoms with Crippen molar-refractivity contribution in [2.45, 2.75) is 46.1 Å². The molecule has 2 atom stereocenters. The second-order valence-electron chi connectivity index (χ2n) is 6.29. The van der Waals surface area contributed by atoms with Gasteiger partial charge in [-0.3, -0.25) is 4.79 Å². The highest BCUT2D eigenvalue weighted by Gasteiger charge is 2.34. The van der Waals surface area contributed by atoms with Crippen LogP contribution in [0.4, 0.5) is 5.69 Å². The fourth-order valence-corrected chi connectivity index (χ4v) is 3.45. The van der Waals surface area contributed by atoms with Gasteiger partial charge in [-0.25, -0.2) is 0 Å². The van der Waals surface area contributed by atoms with Gasteiger partial charge >= 0.3 is 0 Å². The standard InChI is InChI=1S/C17H23NO2/c1-11-9-14-12(2)6-7-13(3)16(14)18(10-11)17(19)15-5-4-8-20-15/h6-7,11,15H,4-5,8-10H2,1-3H3. The average Bonchev–Trinajstić information content (AvgIpc) is 2.95. The lowest BCUT2D eigenvalue weighted by Crippen LogP contribution is -2.45. The highest BCUT2D eigenvalue weighted by Crippen LogP contribution is 2.36. The predicted octanol–water partition coefficient (Wildman–Crippen LogP) is 3.01. The van der Waals surface area contributed by atoms with Gasteiger partial charge in [0.2, 0.25) is 0 Å². The van der Waals surface area contributed by atoms with Crippen LogP contribution in [-0.2, 0) is 16.0 Å². The van der Waals surface area contributed by atoms with E-state index < -0.39 is 0 Å². The molecule has 20 heavy (non-hydrogen) atoms. The lowest BCUT2D eigenvalue weighted by Gasteiger charge is -2.36. The molecule has 0 radical (unpaired) electrons. The third-order valence-corrected chi connectivity index (χ3v) is 4.51. The van der Waals surface area contributed by atoms with Crippen LogP contribution in [0.25, 0.3) is 0 Å². The van der Waals surface area contributed by atoms with Crippen LogP contribution in [0.1, 0.15) is 36.5 Å². The van der Waals surface area contributed by atoms with Crippen LogP contribution in [0.5, 0.6) is 0 Å². The zero-order chi connectivity index (χ0) is 14.3. The van der Waals surface area contributed by atoms with Crippen LogP contribution in [0.2, 0.25) is 0 Å². The number of carbonyl (C=O) groups is 1. The molecule has 3 heteroatoms. The molecule has 1 aromatic rings. The molecule has 1 fully saturated rings. The first kappa shape index (κ1) is 13.6. The van der Waals surface area contributed by atoms with Crippen molar-refractivity contribution in [1.82, 2.24) is 0 Å². The number of hydrogen-bond acceptors (Lipinski definition) is 2. The highest BCUT2D eigenvalue weighted by atomic mass is 16.5. The molecule has 0 aliphatic carbocycles. The summed E-state index contributed by atoms with van der Waals surface area (Å²) in [5.74, 6) is 0.664. The van der Waals surface area contributed by atoms with Crippen LogP contribution in [-0.4, -0.2) is 25.2 Å². The van der Waals surface area contributed by atoms with Crippen molar-refractivity contribution in [1.29, 1.82) is 0 Å². The van der Waals surface area contributed by atoms with Gasteiger partial charge in [-0.05, 0) is 55.7 Å². The number of nitrogens with zero attached hydrogens (tertiary/aromatic N) is 1. The van der Waals surface area contributed by atoms with Gasteiger partial charge in [0, 0.05) is 13.2 Å². The molecule has 108 valence electrons. The molecule has 0 spiro atoms. The molecule has 0 N–H and O–H groups in total. The quantitative estimate of drug-likeness (QED) is 0.787. The third-order valence-electron chi connectivity index (χ3n) is 4.51. The number of ether oxygens (including phenoxy) is 1. The third kappa shape index (κ3) is 2.24. The van der Waals surface area contributed by atoms with Gasteiger partial charge in [-0.2, -0.15) is 0 Å². The van der Waals surface area contributed by atoms with Crippen LogP contribution < -0.4 is 4.90 Å². The molecule has 2 heterocycles. The van der Waals surface area contributed by atoms with E-state index in [0.29, 0.717) is 5.92 Å². The Balaban J connectivity index is 2.01. The van der Waals surface area contributed by atoms with E-state index in [9.17, 15) is 4.79 Å². The Morgan fingerprint density at radius 1 is 1.30 bits per heavy atom. The zero-order valence-corrected chi connectivity index (χ0v) is 12.6. The first-order valence-electron chi connectivity index (χ1n) is 7.60.